The van der Waals surface area contributed by atoms with Gasteiger partial charge in [0.1, 0.15) is 10.7 Å². The highest BCUT2D eigenvalue weighted by molar-refractivity contribution is 7.19. The molecule has 0 unspecified atom stereocenters. The molecule has 5 rings (SSSR count). The molecule has 1 aromatic carbocycles. The van der Waals surface area contributed by atoms with E-state index in [4.69, 9.17) is 4.98 Å². The molecule has 1 fully saturated rings. The lowest BCUT2D eigenvalue weighted by Gasteiger charge is -2.22. The van der Waals surface area contributed by atoms with Crippen molar-refractivity contribution in [1.29, 1.82) is 0 Å². The van der Waals surface area contributed by atoms with E-state index in [-0.39, 0.29) is 5.56 Å². The summed E-state index contributed by atoms with van der Waals surface area (Å²) in [7, 11) is 0. The van der Waals surface area contributed by atoms with Crippen molar-refractivity contribution in [2.75, 3.05) is 6.54 Å². The van der Waals surface area contributed by atoms with Crippen LogP contribution in [0.15, 0.2) is 46.6 Å². The minimum absolute atomic E-state index is 0.0307. The fourth-order valence-corrected chi connectivity index (χ4v) is 6.28. The third-order valence-electron chi connectivity index (χ3n) is 5.72. The number of aromatic nitrogens is 2. The first-order chi connectivity index (χ1) is 14.1. The Morgan fingerprint density at radius 1 is 1.21 bits per heavy atom. The van der Waals surface area contributed by atoms with E-state index in [1.54, 1.807) is 11.3 Å². The summed E-state index contributed by atoms with van der Waals surface area (Å²) in [4.78, 5) is 26.8. The van der Waals surface area contributed by atoms with Crippen LogP contribution in [0.25, 0.3) is 21.3 Å². The third kappa shape index (κ3) is 3.45. The molecule has 4 aromatic rings. The Morgan fingerprint density at radius 3 is 2.79 bits per heavy atom. The normalized spacial score (nSPS) is 17.4. The Morgan fingerprint density at radius 2 is 2.03 bits per heavy atom. The maximum Gasteiger partial charge on any atom is 0.260 e. The first-order valence-corrected chi connectivity index (χ1v) is 11.7. The van der Waals surface area contributed by atoms with Crippen molar-refractivity contribution in [2.24, 2.45) is 0 Å². The predicted molar refractivity (Wildman–Crippen MR) is 122 cm³/mol. The minimum atomic E-state index is -0.0307. The molecule has 1 aliphatic rings. The van der Waals surface area contributed by atoms with Gasteiger partial charge in [-0.25, -0.2) is 4.98 Å². The number of rotatable bonds is 4. The lowest BCUT2D eigenvalue weighted by Crippen LogP contribution is -2.25. The zero-order valence-electron chi connectivity index (χ0n) is 16.6. The van der Waals surface area contributed by atoms with Crippen molar-refractivity contribution < 1.29 is 0 Å². The van der Waals surface area contributed by atoms with Crippen LogP contribution >= 0.6 is 22.7 Å². The quantitative estimate of drug-likeness (QED) is 0.462. The van der Waals surface area contributed by atoms with Gasteiger partial charge in [0.2, 0.25) is 0 Å². The second kappa shape index (κ2) is 7.52. The van der Waals surface area contributed by atoms with E-state index in [2.05, 4.69) is 65.5 Å². The van der Waals surface area contributed by atoms with Crippen LogP contribution in [-0.4, -0.2) is 21.4 Å². The maximum absolute atomic E-state index is 13.1. The van der Waals surface area contributed by atoms with Crippen LogP contribution in [0.4, 0.5) is 0 Å². The van der Waals surface area contributed by atoms with Crippen LogP contribution < -0.4 is 5.56 Å². The average Bonchev–Trinajstić information content (AvgIpc) is 3.42. The van der Waals surface area contributed by atoms with Gasteiger partial charge in [-0.2, -0.15) is 0 Å². The Hall–Kier alpha value is -2.28. The Labute approximate surface area is 177 Å². The molecule has 4 nitrogen and oxygen atoms in total. The Kier molecular flexibility index (Phi) is 4.86. The summed E-state index contributed by atoms with van der Waals surface area (Å²) in [5.41, 5.74) is 3.28. The molecular weight excluding hydrogens is 398 g/mol. The van der Waals surface area contributed by atoms with Crippen LogP contribution in [0.3, 0.4) is 0 Å². The van der Waals surface area contributed by atoms with E-state index in [1.807, 2.05) is 11.3 Å². The largest absolute Gasteiger partial charge is 0.309 e. The molecule has 4 heterocycles. The molecule has 0 bridgehead atoms. The van der Waals surface area contributed by atoms with Crippen LogP contribution in [0, 0.1) is 13.8 Å². The van der Waals surface area contributed by atoms with Crippen LogP contribution in [0.1, 0.15) is 40.0 Å². The highest BCUT2D eigenvalue weighted by Crippen LogP contribution is 2.37. The first-order valence-electron chi connectivity index (χ1n) is 9.97. The lowest BCUT2D eigenvalue weighted by molar-refractivity contribution is 0.245. The van der Waals surface area contributed by atoms with Crippen molar-refractivity contribution >= 4 is 32.9 Å². The Bertz CT molecular complexity index is 1210. The van der Waals surface area contributed by atoms with Crippen molar-refractivity contribution in [3.8, 4) is 11.1 Å². The summed E-state index contributed by atoms with van der Waals surface area (Å²) in [5, 5.41) is 2.86. The third-order valence-corrected chi connectivity index (χ3v) is 7.69. The maximum atomic E-state index is 13.1. The topological polar surface area (TPSA) is 49.0 Å². The molecule has 1 N–H and O–H groups in total. The van der Waals surface area contributed by atoms with Crippen LogP contribution in [0.2, 0.25) is 0 Å². The van der Waals surface area contributed by atoms with Gasteiger partial charge in [-0.15, -0.1) is 22.7 Å². The number of H-pyrrole nitrogens is 1. The van der Waals surface area contributed by atoms with Crippen molar-refractivity contribution in [3.05, 3.63) is 73.3 Å². The number of hydrogen-bond donors (Lipinski definition) is 1. The standard InChI is InChI=1S/C23H23N3OS2/c1-14-7-9-16(10-8-14)20-15(2)29-23-21(20)22(27)24-19(25-23)13-26-11-3-5-17(26)18-6-4-12-28-18/h4,6-10,12,17H,3,5,11,13H2,1-2H3,(H,24,25,27)/t17-/m0/s1. The van der Waals surface area contributed by atoms with Gasteiger partial charge in [0.05, 0.1) is 11.9 Å². The first kappa shape index (κ1) is 18.7. The van der Waals surface area contributed by atoms with E-state index in [0.717, 1.165) is 38.6 Å². The lowest BCUT2D eigenvalue weighted by atomic mass is 10.0. The monoisotopic (exact) mass is 421 g/mol. The number of hydrogen-bond acceptors (Lipinski definition) is 5. The second-order valence-corrected chi connectivity index (χ2v) is 9.92. The summed E-state index contributed by atoms with van der Waals surface area (Å²) < 4.78 is 0. The highest BCUT2D eigenvalue weighted by Gasteiger charge is 2.27. The summed E-state index contributed by atoms with van der Waals surface area (Å²) in [6, 6.07) is 13.1. The molecule has 1 aliphatic heterocycles. The number of fused-ring (bicyclic) bond motifs is 1. The SMILES string of the molecule is Cc1ccc(-c2c(C)sc3nc(CN4CCC[C@H]4c4cccs4)[nH]c(=O)c23)cc1. The van der Waals surface area contributed by atoms with Gasteiger partial charge >= 0.3 is 0 Å². The van der Waals surface area contributed by atoms with E-state index < -0.39 is 0 Å². The zero-order valence-corrected chi connectivity index (χ0v) is 18.2. The van der Waals surface area contributed by atoms with E-state index >= 15 is 0 Å². The molecule has 29 heavy (non-hydrogen) atoms. The van der Waals surface area contributed by atoms with Gasteiger partial charge in [0.15, 0.2) is 0 Å². The fourth-order valence-electron chi connectivity index (χ4n) is 4.32. The molecule has 1 atom stereocenters. The van der Waals surface area contributed by atoms with Crippen LogP contribution in [0.5, 0.6) is 0 Å². The second-order valence-electron chi connectivity index (χ2n) is 7.74. The Balaban J connectivity index is 1.51. The summed E-state index contributed by atoms with van der Waals surface area (Å²) in [6.07, 6.45) is 2.35. The molecule has 6 heteroatoms. The number of aryl methyl sites for hydroxylation is 2. The molecular formula is C23H23N3OS2. The molecule has 0 saturated carbocycles. The smallest absolute Gasteiger partial charge is 0.260 e. The number of likely N-dealkylation sites (tertiary alicyclic amines) is 1. The number of benzene rings is 1. The van der Waals surface area contributed by atoms with Gasteiger partial charge < -0.3 is 4.98 Å². The molecule has 0 amide bonds. The molecule has 0 spiro atoms. The van der Waals surface area contributed by atoms with E-state index in [1.165, 1.54) is 23.3 Å². The van der Waals surface area contributed by atoms with Crippen molar-refractivity contribution in [2.45, 2.75) is 39.3 Å². The van der Waals surface area contributed by atoms with Gasteiger partial charge in [-0.3, -0.25) is 9.69 Å². The van der Waals surface area contributed by atoms with Crippen LogP contribution in [-0.2, 0) is 6.54 Å². The average molecular weight is 422 g/mol. The summed E-state index contributed by atoms with van der Waals surface area (Å²) >= 11 is 3.43. The van der Waals surface area contributed by atoms with Crippen molar-refractivity contribution in [3.63, 3.8) is 0 Å². The minimum Gasteiger partial charge on any atom is -0.309 e. The highest BCUT2D eigenvalue weighted by atomic mass is 32.1. The van der Waals surface area contributed by atoms with E-state index in [0.29, 0.717) is 12.6 Å². The predicted octanol–water partition coefficient (Wildman–Crippen LogP) is 5.67. The molecule has 148 valence electrons. The van der Waals surface area contributed by atoms with Gasteiger partial charge in [-0.1, -0.05) is 35.9 Å². The number of aromatic amines is 1. The van der Waals surface area contributed by atoms with Gasteiger partial charge in [-0.05, 0) is 50.2 Å². The van der Waals surface area contributed by atoms with Gasteiger partial charge in [0.25, 0.3) is 5.56 Å². The van der Waals surface area contributed by atoms with Gasteiger partial charge in [0, 0.05) is 21.4 Å². The molecule has 1 saturated heterocycles. The molecule has 3 aromatic heterocycles. The zero-order chi connectivity index (χ0) is 20.0. The summed E-state index contributed by atoms with van der Waals surface area (Å²) in [6.45, 7) is 5.88. The summed E-state index contributed by atoms with van der Waals surface area (Å²) in [5.74, 6) is 0.766. The fraction of sp³-hybridized carbons (Fsp3) is 0.304. The van der Waals surface area contributed by atoms with Crippen molar-refractivity contribution in [1.82, 2.24) is 14.9 Å². The molecule has 0 aliphatic carbocycles. The number of nitrogens with zero attached hydrogens (tertiary/aromatic N) is 2. The molecule has 0 radical (unpaired) electrons. The van der Waals surface area contributed by atoms with E-state index in [9.17, 15) is 4.79 Å². The number of thiophene rings is 2. The number of nitrogens with one attached hydrogen (secondary N) is 1.